The van der Waals surface area contributed by atoms with Gasteiger partial charge in [-0.1, -0.05) is 24.3 Å². The molecule has 1 aromatic rings. The first-order valence-electron chi connectivity index (χ1n) is 7.52. The lowest BCUT2D eigenvalue weighted by molar-refractivity contribution is -0.0498. The van der Waals surface area contributed by atoms with Crippen molar-refractivity contribution in [1.29, 1.82) is 0 Å². The van der Waals surface area contributed by atoms with Crippen molar-refractivity contribution in [3.05, 3.63) is 35.9 Å². The zero-order valence-electron chi connectivity index (χ0n) is 12.3. The lowest BCUT2D eigenvalue weighted by Crippen LogP contribution is -2.20. The minimum Gasteiger partial charge on any atom is -0.435 e. The van der Waals surface area contributed by atoms with Gasteiger partial charge < -0.3 is 9.47 Å². The van der Waals surface area contributed by atoms with Crippen LogP contribution in [0.4, 0.5) is 8.78 Å². The third-order valence-electron chi connectivity index (χ3n) is 3.79. The molecule has 1 aromatic carbocycles. The van der Waals surface area contributed by atoms with Crippen LogP contribution in [-0.2, 0) is 4.74 Å². The van der Waals surface area contributed by atoms with Crippen molar-refractivity contribution >= 4 is 6.08 Å². The van der Waals surface area contributed by atoms with Crippen LogP contribution in [0.15, 0.2) is 30.3 Å². The SMILES string of the molecule is CCO[C@H]1CC[C@H](C=Cc2ccc(OC(F)F)cc2)CC1. The van der Waals surface area contributed by atoms with Gasteiger partial charge in [-0.25, -0.2) is 0 Å². The fourth-order valence-corrected chi connectivity index (χ4v) is 2.69. The molecule has 0 atom stereocenters. The Bertz CT molecular complexity index is 435. The highest BCUT2D eigenvalue weighted by atomic mass is 19.3. The standard InChI is InChI=1S/C17H22F2O2/c1-2-20-15-9-5-13(6-10-15)3-4-14-7-11-16(12-8-14)21-17(18)19/h3-4,7-8,11-13,15,17H,2,5-6,9-10H2,1H3/t13-,15-. The topological polar surface area (TPSA) is 18.5 Å². The van der Waals surface area contributed by atoms with E-state index in [9.17, 15) is 8.78 Å². The number of hydrogen-bond donors (Lipinski definition) is 0. The van der Waals surface area contributed by atoms with Gasteiger partial charge in [0.1, 0.15) is 5.75 Å². The molecule has 0 radical (unpaired) electrons. The summed E-state index contributed by atoms with van der Waals surface area (Å²) in [6.45, 7) is 0.0536. The molecule has 0 saturated heterocycles. The molecule has 0 aliphatic heterocycles. The second-order valence-corrected chi connectivity index (χ2v) is 5.30. The minimum absolute atomic E-state index is 0.194. The first kappa shape index (κ1) is 16.0. The molecule has 2 nitrogen and oxygen atoms in total. The molecule has 0 bridgehead atoms. The van der Waals surface area contributed by atoms with Gasteiger partial charge in [0, 0.05) is 6.61 Å². The smallest absolute Gasteiger partial charge is 0.387 e. The summed E-state index contributed by atoms with van der Waals surface area (Å²) in [5.41, 5.74) is 1.00. The van der Waals surface area contributed by atoms with Gasteiger partial charge in [-0.3, -0.25) is 0 Å². The molecule has 21 heavy (non-hydrogen) atoms. The number of allylic oxidation sites excluding steroid dienone is 1. The van der Waals surface area contributed by atoms with Crippen LogP contribution in [0.5, 0.6) is 5.75 Å². The van der Waals surface area contributed by atoms with Crippen LogP contribution in [0.2, 0.25) is 0 Å². The van der Waals surface area contributed by atoms with Gasteiger partial charge in [0.05, 0.1) is 6.10 Å². The van der Waals surface area contributed by atoms with E-state index in [-0.39, 0.29) is 5.75 Å². The van der Waals surface area contributed by atoms with E-state index in [4.69, 9.17) is 4.74 Å². The molecule has 116 valence electrons. The zero-order valence-corrected chi connectivity index (χ0v) is 12.3. The molecule has 0 heterocycles. The Morgan fingerprint density at radius 2 is 1.81 bits per heavy atom. The van der Waals surface area contributed by atoms with Gasteiger partial charge in [-0.2, -0.15) is 8.78 Å². The number of halogens is 2. The molecule has 4 heteroatoms. The number of hydrogen-bond acceptors (Lipinski definition) is 2. The highest BCUT2D eigenvalue weighted by molar-refractivity contribution is 5.50. The van der Waals surface area contributed by atoms with Crippen molar-refractivity contribution in [3.8, 4) is 5.75 Å². The highest BCUT2D eigenvalue weighted by Crippen LogP contribution is 2.27. The fraction of sp³-hybridized carbons (Fsp3) is 0.529. The molecule has 0 N–H and O–H groups in total. The van der Waals surface area contributed by atoms with Crippen LogP contribution in [0.1, 0.15) is 38.2 Å². The van der Waals surface area contributed by atoms with E-state index in [1.165, 1.54) is 0 Å². The largest absolute Gasteiger partial charge is 0.435 e. The highest BCUT2D eigenvalue weighted by Gasteiger charge is 2.19. The number of benzene rings is 1. The molecule has 1 fully saturated rings. The Morgan fingerprint density at radius 1 is 1.14 bits per heavy atom. The summed E-state index contributed by atoms with van der Waals surface area (Å²) >= 11 is 0. The van der Waals surface area contributed by atoms with Gasteiger partial charge in [0.25, 0.3) is 0 Å². The van der Waals surface area contributed by atoms with Crippen molar-refractivity contribution < 1.29 is 18.3 Å². The molecule has 1 aliphatic carbocycles. The van der Waals surface area contributed by atoms with Gasteiger partial charge in [-0.05, 0) is 56.2 Å². The second-order valence-electron chi connectivity index (χ2n) is 5.30. The predicted octanol–water partition coefficient (Wildman–Crippen LogP) is 4.90. The van der Waals surface area contributed by atoms with E-state index in [1.54, 1.807) is 24.3 Å². The summed E-state index contributed by atoms with van der Waals surface area (Å²) in [5, 5.41) is 0. The Labute approximate surface area is 124 Å². The van der Waals surface area contributed by atoms with Crippen LogP contribution in [0, 0.1) is 5.92 Å². The Hall–Kier alpha value is -1.42. The van der Waals surface area contributed by atoms with Crippen LogP contribution < -0.4 is 4.74 Å². The first-order valence-corrected chi connectivity index (χ1v) is 7.52. The Kier molecular flexibility index (Phi) is 6.18. The van der Waals surface area contributed by atoms with Crippen molar-refractivity contribution in [2.24, 2.45) is 5.92 Å². The number of rotatable bonds is 6. The minimum atomic E-state index is -2.77. The average Bonchev–Trinajstić information content (AvgIpc) is 2.48. The van der Waals surface area contributed by atoms with Crippen LogP contribution in [0.25, 0.3) is 6.08 Å². The fourth-order valence-electron chi connectivity index (χ4n) is 2.69. The van der Waals surface area contributed by atoms with E-state index in [0.717, 1.165) is 37.9 Å². The maximum atomic E-state index is 12.1. The van der Waals surface area contributed by atoms with Gasteiger partial charge in [0.2, 0.25) is 0 Å². The average molecular weight is 296 g/mol. The van der Waals surface area contributed by atoms with Gasteiger partial charge >= 0.3 is 6.61 Å². The normalized spacial score (nSPS) is 22.9. The third-order valence-corrected chi connectivity index (χ3v) is 3.79. The third kappa shape index (κ3) is 5.46. The number of alkyl halides is 2. The maximum absolute atomic E-state index is 12.1. The summed E-state index contributed by atoms with van der Waals surface area (Å²) in [7, 11) is 0. The summed E-state index contributed by atoms with van der Waals surface area (Å²) in [6.07, 6.45) is 9.21. The first-order chi connectivity index (χ1) is 10.2. The van der Waals surface area contributed by atoms with Gasteiger partial charge in [0.15, 0.2) is 0 Å². The number of ether oxygens (including phenoxy) is 2. The van der Waals surface area contributed by atoms with Crippen LogP contribution in [-0.4, -0.2) is 19.3 Å². The van der Waals surface area contributed by atoms with E-state index < -0.39 is 6.61 Å². The lowest BCUT2D eigenvalue weighted by Gasteiger charge is -2.26. The Balaban J connectivity index is 1.81. The quantitative estimate of drug-likeness (QED) is 0.743. The van der Waals surface area contributed by atoms with E-state index in [1.807, 2.05) is 6.92 Å². The zero-order chi connectivity index (χ0) is 15.1. The maximum Gasteiger partial charge on any atom is 0.387 e. The lowest BCUT2D eigenvalue weighted by atomic mass is 9.87. The predicted molar refractivity (Wildman–Crippen MR) is 79.5 cm³/mol. The van der Waals surface area contributed by atoms with Crippen molar-refractivity contribution in [3.63, 3.8) is 0 Å². The summed E-state index contributed by atoms with van der Waals surface area (Å²) in [5.74, 6) is 0.776. The molecular weight excluding hydrogens is 274 g/mol. The molecule has 1 aliphatic rings. The van der Waals surface area contributed by atoms with Crippen molar-refractivity contribution in [2.45, 2.75) is 45.3 Å². The Morgan fingerprint density at radius 3 is 2.38 bits per heavy atom. The van der Waals surface area contributed by atoms with Crippen molar-refractivity contribution in [1.82, 2.24) is 0 Å². The van der Waals surface area contributed by atoms with Crippen LogP contribution >= 0.6 is 0 Å². The van der Waals surface area contributed by atoms with Gasteiger partial charge in [-0.15, -0.1) is 0 Å². The molecule has 2 rings (SSSR count). The molecule has 0 spiro atoms. The summed E-state index contributed by atoms with van der Waals surface area (Å²) in [4.78, 5) is 0. The molecular formula is C17H22F2O2. The van der Waals surface area contributed by atoms with Crippen molar-refractivity contribution in [2.75, 3.05) is 6.61 Å². The van der Waals surface area contributed by atoms with E-state index in [0.29, 0.717) is 12.0 Å². The molecule has 0 amide bonds. The van der Waals surface area contributed by atoms with E-state index in [2.05, 4.69) is 16.9 Å². The van der Waals surface area contributed by atoms with E-state index >= 15 is 0 Å². The molecule has 0 aromatic heterocycles. The summed E-state index contributed by atoms with van der Waals surface area (Å²) in [6, 6.07) is 6.72. The summed E-state index contributed by atoms with van der Waals surface area (Å²) < 4.78 is 34.1. The molecule has 0 unspecified atom stereocenters. The molecule has 1 saturated carbocycles. The van der Waals surface area contributed by atoms with Crippen LogP contribution in [0.3, 0.4) is 0 Å². The second kappa shape index (κ2) is 8.13. The monoisotopic (exact) mass is 296 g/mol.